The van der Waals surface area contributed by atoms with Crippen molar-refractivity contribution in [3.8, 4) is 6.01 Å². The van der Waals surface area contributed by atoms with E-state index in [2.05, 4.69) is 25.6 Å². The smallest absolute Gasteiger partial charge is 0.323 e. The molecule has 0 aliphatic rings. The summed E-state index contributed by atoms with van der Waals surface area (Å²) < 4.78 is 5.48. The zero-order chi connectivity index (χ0) is 15.9. The van der Waals surface area contributed by atoms with Gasteiger partial charge in [0.05, 0.1) is 12.7 Å². The molecular weight excluding hydrogens is 274 g/mol. The van der Waals surface area contributed by atoms with E-state index in [4.69, 9.17) is 9.84 Å². The van der Waals surface area contributed by atoms with E-state index in [9.17, 15) is 5.11 Å². The number of aromatic nitrogens is 3. The number of aliphatic hydroxyl groups is 2. The molecular formula is C13H25N5O3. The maximum atomic E-state index is 9.78. The molecule has 8 heteroatoms. The first kappa shape index (κ1) is 17.4. The van der Waals surface area contributed by atoms with Gasteiger partial charge in [-0.2, -0.15) is 15.0 Å². The summed E-state index contributed by atoms with van der Waals surface area (Å²) in [7, 11) is 0. The molecule has 1 rings (SSSR count). The lowest BCUT2D eigenvalue weighted by molar-refractivity contribution is 0.0131. The average Bonchev–Trinajstić information content (AvgIpc) is 2.42. The highest BCUT2D eigenvalue weighted by Crippen LogP contribution is 2.13. The summed E-state index contributed by atoms with van der Waals surface area (Å²) in [6.45, 7) is 7.81. The fourth-order valence-electron chi connectivity index (χ4n) is 1.34. The predicted octanol–water partition coefficient (Wildman–Crippen LogP) is 0.636. The van der Waals surface area contributed by atoms with Crippen molar-refractivity contribution in [3.05, 3.63) is 0 Å². The van der Waals surface area contributed by atoms with Gasteiger partial charge in [0, 0.05) is 13.1 Å². The third-order valence-electron chi connectivity index (χ3n) is 2.46. The zero-order valence-corrected chi connectivity index (χ0v) is 13.1. The number of rotatable bonds is 9. The van der Waals surface area contributed by atoms with E-state index >= 15 is 0 Å². The summed E-state index contributed by atoms with van der Waals surface area (Å²) in [5.41, 5.74) is -1.25. The Morgan fingerprint density at radius 3 is 2.33 bits per heavy atom. The highest BCUT2D eigenvalue weighted by atomic mass is 16.5. The van der Waals surface area contributed by atoms with Gasteiger partial charge in [-0.25, -0.2) is 0 Å². The number of ether oxygens (including phenoxy) is 1. The van der Waals surface area contributed by atoms with Gasteiger partial charge in [0.2, 0.25) is 11.9 Å². The maximum Gasteiger partial charge on any atom is 0.323 e. The number of nitrogens with zero attached hydrogens (tertiary/aromatic N) is 3. The van der Waals surface area contributed by atoms with Gasteiger partial charge < -0.3 is 25.6 Å². The maximum absolute atomic E-state index is 9.78. The van der Waals surface area contributed by atoms with Crippen molar-refractivity contribution in [2.24, 2.45) is 0 Å². The normalized spacial score (nSPS) is 13.9. The van der Waals surface area contributed by atoms with Crippen molar-refractivity contribution in [1.29, 1.82) is 0 Å². The Bertz CT molecular complexity index is 440. The van der Waals surface area contributed by atoms with Crippen LogP contribution in [0.15, 0.2) is 0 Å². The lowest BCUT2D eigenvalue weighted by Gasteiger charge is -2.20. The molecule has 0 aliphatic heterocycles. The number of hydrogen-bond acceptors (Lipinski definition) is 8. The van der Waals surface area contributed by atoms with Gasteiger partial charge in [-0.1, -0.05) is 6.92 Å². The summed E-state index contributed by atoms with van der Waals surface area (Å²) in [6.07, 6.45) is 0.883. The van der Waals surface area contributed by atoms with E-state index in [1.165, 1.54) is 6.92 Å². The lowest BCUT2D eigenvalue weighted by Crippen LogP contribution is -2.37. The van der Waals surface area contributed by atoms with Crippen molar-refractivity contribution in [2.45, 2.75) is 45.8 Å². The van der Waals surface area contributed by atoms with Crippen LogP contribution in [0.1, 0.15) is 34.1 Å². The Morgan fingerprint density at radius 1 is 1.19 bits per heavy atom. The van der Waals surface area contributed by atoms with Crippen LogP contribution in [0, 0.1) is 0 Å². The van der Waals surface area contributed by atoms with E-state index < -0.39 is 5.60 Å². The third-order valence-corrected chi connectivity index (χ3v) is 2.46. The molecule has 8 nitrogen and oxygen atoms in total. The number of hydrogen-bond donors (Lipinski definition) is 4. The Kier molecular flexibility index (Phi) is 6.57. The number of anilines is 2. The van der Waals surface area contributed by atoms with Crippen LogP contribution >= 0.6 is 0 Å². The standard InChI is InChI=1S/C13H25N5O3/c1-5-6-14-10-16-11(15-7-13(4,20)8-19)18-12(17-10)21-9(2)3/h9,19-20H,5-8H2,1-4H3,(H2,14,15,16,17,18). The van der Waals surface area contributed by atoms with Crippen LogP contribution in [-0.2, 0) is 0 Å². The minimum Gasteiger partial charge on any atom is -0.461 e. The van der Waals surface area contributed by atoms with Crippen molar-refractivity contribution in [3.63, 3.8) is 0 Å². The molecule has 4 N–H and O–H groups in total. The second-order valence-electron chi connectivity index (χ2n) is 5.37. The summed E-state index contributed by atoms with van der Waals surface area (Å²) >= 11 is 0. The van der Waals surface area contributed by atoms with E-state index in [1.54, 1.807) is 0 Å². The van der Waals surface area contributed by atoms with E-state index in [0.29, 0.717) is 5.95 Å². The molecule has 1 heterocycles. The molecule has 1 unspecified atom stereocenters. The second kappa shape index (κ2) is 7.94. The second-order valence-corrected chi connectivity index (χ2v) is 5.37. The summed E-state index contributed by atoms with van der Waals surface area (Å²) in [5.74, 6) is 0.696. The van der Waals surface area contributed by atoms with Crippen LogP contribution in [0.3, 0.4) is 0 Å². The molecule has 0 aromatic carbocycles. The highest BCUT2D eigenvalue weighted by molar-refractivity contribution is 5.36. The third kappa shape index (κ3) is 6.54. The van der Waals surface area contributed by atoms with E-state index in [0.717, 1.165) is 13.0 Å². The molecule has 1 aromatic rings. The average molecular weight is 299 g/mol. The first-order valence-corrected chi connectivity index (χ1v) is 7.10. The molecule has 1 aromatic heterocycles. The van der Waals surface area contributed by atoms with Gasteiger partial charge in [0.15, 0.2) is 0 Å². The molecule has 0 spiro atoms. The zero-order valence-electron chi connectivity index (χ0n) is 13.1. The summed E-state index contributed by atoms with van der Waals surface area (Å²) in [6, 6.07) is 0.213. The van der Waals surface area contributed by atoms with Gasteiger partial charge in [0.25, 0.3) is 0 Å². The SMILES string of the molecule is CCCNc1nc(NCC(C)(O)CO)nc(OC(C)C)n1. The van der Waals surface area contributed by atoms with E-state index in [1.807, 2.05) is 20.8 Å². The summed E-state index contributed by atoms with van der Waals surface area (Å²) in [5, 5.41) is 24.8. The van der Waals surface area contributed by atoms with Crippen molar-refractivity contribution >= 4 is 11.9 Å². The van der Waals surface area contributed by atoms with Crippen LogP contribution in [0.5, 0.6) is 6.01 Å². The number of aliphatic hydroxyl groups excluding tert-OH is 1. The van der Waals surface area contributed by atoms with Crippen molar-refractivity contribution in [1.82, 2.24) is 15.0 Å². The van der Waals surface area contributed by atoms with Gasteiger partial charge >= 0.3 is 6.01 Å². The lowest BCUT2D eigenvalue weighted by atomic mass is 10.1. The van der Waals surface area contributed by atoms with Gasteiger partial charge in [0.1, 0.15) is 5.60 Å². The monoisotopic (exact) mass is 299 g/mol. The largest absolute Gasteiger partial charge is 0.461 e. The Morgan fingerprint density at radius 2 is 1.81 bits per heavy atom. The van der Waals surface area contributed by atoms with Crippen molar-refractivity contribution < 1.29 is 14.9 Å². The Hall–Kier alpha value is -1.67. The molecule has 120 valence electrons. The molecule has 0 aliphatic carbocycles. The van der Waals surface area contributed by atoms with Crippen LogP contribution in [0.25, 0.3) is 0 Å². The van der Waals surface area contributed by atoms with Crippen LogP contribution in [0.2, 0.25) is 0 Å². The molecule has 0 amide bonds. The van der Waals surface area contributed by atoms with Gasteiger partial charge in [-0.3, -0.25) is 0 Å². The topological polar surface area (TPSA) is 112 Å². The first-order chi connectivity index (χ1) is 9.86. The number of nitrogens with one attached hydrogen (secondary N) is 2. The quantitative estimate of drug-likeness (QED) is 0.525. The minimum absolute atomic E-state index is 0.0557. The molecule has 0 radical (unpaired) electrons. The fourth-order valence-corrected chi connectivity index (χ4v) is 1.34. The first-order valence-electron chi connectivity index (χ1n) is 7.10. The molecule has 0 saturated heterocycles. The fraction of sp³-hybridized carbons (Fsp3) is 0.769. The summed E-state index contributed by atoms with van der Waals surface area (Å²) in [4.78, 5) is 12.5. The predicted molar refractivity (Wildman–Crippen MR) is 80.6 cm³/mol. The molecule has 0 fully saturated rings. The van der Waals surface area contributed by atoms with Crippen LogP contribution in [-0.4, -0.2) is 56.6 Å². The van der Waals surface area contributed by atoms with E-state index in [-0.39, 0.29) is 31.2 Å². The molecule has 0 bridgehead atoms. The Labute approximate surface area is 125 Å². The molecule has 21 heavy (non-hydrogen) atoms. The van der Waals surface area contributed by atoms with Gasteiger partial charge in [-0.05, 0) is 27.2 Å². The van der Waals surface area contributed by atoms with Gasteiger partial charge in [-0.15, -0.1) is 0 Å². The van der Waals surface area contributed by atoms with Crippen molar-refractivity contribution in [2.75, 3.05) is 30.3 Å². The highest BCUT2D eigenvalue weighted by Gasteiger charge is 2.19. The van der Waals surface area contributed by atoms with Crippen LogP contribution in [0.4, 0.5) is 11.9 Å². The minimum atomic E-state index is -1.25. The Balaban J connectivity index is 2.84. The van der Waals surface area contributed by atoms with Crippen LogP contribution < -0.4 is 15.4 Å². The molecule has 1 atom stereocenters. The molecule has 0 saturated carbocycles.